The van der Waals surface area contributed by atoms with E-state index in [1.807, 2.05) is 29.7 Å². The molecule has 0 amide bonds. The highest BCUT2D eigenvalue weighted by Gasteiger charge is 2.16. The van der Waals surface area contributed by atoms with Gasteiger partial charge in [-0.1, -0.05) is 6.07 Å². The molecule has 7 heteroatoms. The van der Waals surface area contributed by atoms with Crippen molar-refractivity contribution in [2.24, 2.45) is 0 Å². The molecule has 0 bridgehead atoms. The lowest BCUT2D eigenvalue weighted by molar-refractivity contribution is -0.386. The molecule has 0 spiro atoms. The van der Waals surface area contributed by atoms with Crippen LogP contribution in [0.25, 0.3) is 5.65 Å². The zero-order valence-electron chi connectivity index (χ0n) is 11.7. The number of aromatic nitrogens is 2. The van der Waals surface area contributed by atoms with Gasteiger partial charge in [0.1, 0.15) is 18.1 Å². The maximum atomic E-state index is 13.2. The fourth-order valence-corrected chi connectivity index (χ4v) is 2.18. The maximum Gasteiger partial charge on any atom is 0.311 e. The van der Waals surface area contributed by atoms with Crippen LogP contribution >= 0.6 is 0 Å². The monoisotopic (exact) mass is 301 g/mol. The molecule has 1 aromatic carbocycles. The molecule has 3 aromatic rings. The predicted octanol–water partition coefficient (Wildman–Crippen LogP) is 3.27. The Morgan fingerprint density at radius 2 is 2.23 bits per heavy atom. The summed E-state index contributed by atoms with van der Waals surface area (Å²) in [6, 6.07) is 6.94. The molecule has 22 heavy (non-hydrogen) atoms. The van der Waals surface area contributed by atoms with Crippen LogP contribution in [0, 0.1) is 22.9 Å². The van der Waals surface area contributed by atoms with Gasteiger partial charge in [0.05, 0.1) is 10.6 Å². The van der Waals surface area contributed by atoms with E-state index in [4.69, 9.17) is 4.74 Å². The number of hydrogen-bond acceptors (Lipinski definition) is 4. The van der Waals surface area contributed by atoms with Crippen LogP contribution in [0.15, 0.2) is 42.7 Å². The smallest absolute Gasteiger partial charge is 0.311 e. The second kappa shape index (κ2) is 5.44. The molecule has 0 aliphatic carbocycles. The number of imidazole rings is 1. The minimum absolute atomic E-state index is 0.0193. The van der Waals surface area contributed by atoms with E-state index in [9.17, 15) is 14.5 Å². The fraction of sp³-hybridized carbons (Fsp3) is 0.133. The molecule has 0 fully saturated rings. The Bertz CT molecular complexity index is 860. The number of ether oxygens (including phenoxy) is 1. The number of rotatable bonds is 4. The average Bonchev–Trinajstić information content (AvgIpc) is 2.89. The lowest BCUT2D eigenvalue weighted by Gasteiger charge is -2.04. The fourth-order valence-electron chi connectivity index (χ4n) is 2.18. The van der Waals surface area contributed by atoms with Crippen molar-refractivity contribution in [2.45, 2.75) is 13.5 Å². The Balaban J connectivity index is 1.86. The second-order valence-corrected chi connectivity index (χ2v) is 4.81. The highest BCUT2D eigenvalue weighted by atomic mass is 19.1. The van der Waals surface area contributed by atoms with Crippen molar-refractivity contribution in [3.8, 4) is 5.75 Å². The summed E-state index contributed by atoms with van der Waals surface area (Å²) in [5, 5.41) is 10.9. The molecule has 2 heterocycles. The Morgan fingerprint density at radius 1 is 1.41 bits per heavy atom. The number of fused-ring (bicyclic) bond motifs is 1. The third kappa shape index (κ3) is 2.60. The quantitative estimate of drug-likeness (QED) is 0.548. The number of aryl methyl sites for hydroxylation is 1. The van der Waals surface area contributed by atoms with Crippen molar-refractivity contribution in [1.29, 1.82) is 0 Å². The van der Waals surface area contributed by atoms with Crippen LogP contribution in [0.5, 0.6) is 5.75 Å². The molecule has 0 radical (unpaired) electrons. The van der Waals surface area contributed by atoms with E-state index < -0.39 is 10.7 Å². The van der Waals surface area contributed by atoms with E-state index in [1.165, 1.54) is 0 Å². The van der Waals surface area contributed by atoms with Gasteiger partial charge in [-0.25, -0.2) is 9.37 Å². The van der Waals surface area contributed by atoms with Crippen molar-refractivity contribution >= 4 is 11.3 Å². The van der Waals surface area contributed by atoms with Gasteiger partial charge in [-0.05, 0) is 24.6 Å². The number of nitro benzene ring substituents is 1. The first kappa shape index (κ1) is 14.0. The molecule has 3 rings (SSSR count). The molecular formula is C15H12FN3O3. The van der Waals surface area contributed by atoms with Crippen LogP contribution in [0.4, 0.5) is 10.1 Å². The minimum Gasteiger partial charge on any atom is -0.480 e. The Labute approximate surface area is 124 Å². The van der Waals surface area contributed by atoms with Crippen molar-refractivity contribution < 1.29 is 14.1 Å². The molecule has 0 aliphatic heterocycles. The average molecular weight is 301 g/mol. The van der Waals surface area contributed by atoms with E-state index in [1.54, 1.807) is 6.20 Å². The van der Waals surface area contributed by atoms with Crippen molar-refractivity contribution in [3.63, 3.8) is 0 Å². The van der Waals surface area contributed by atoms with Crippen molar-refractivity contribution in [2.75, 3.05) is 0 Å². The van der Waals surface area contributed by atoms with Gasteiger partial charge >= 0.3 is 5.69 Å². The normalized spacial score (nSPS) is 10.8. The summed E-state index contributed by atoms with van der Waals surface area (Å²) in [5.74, 6) is -0.703. The Hall–Kier alpha value is -2.96. The molecule has 0 saturated heterocycles. The standard InChI is InChI=1S/C15H12FN3O3/c1-10-3-2-6-18-8-12(17-15(10)18)9-22-14-7-11(16)4-5-13(14)19(20)21/h2-8H,9H2,1H3. The van der Waals surface area contributed by atoms with Crippen LogP contribution < -0.4 is 4.74 Å². The predicted molar refractivity (Wildman–Crippen MR) is 77.3 cm³/mol. The summed E-state index contributed by atoms with van der Waals surface area (Å²) in [6.07, 6.45) is 3.62. The van der Waals surface area contributed by atoms with Crippen molar-refractivity contribution in [1.82, 2.24) is 9.38 Å². The largest absolute Gasteiger partial charge is 0.480 e. The Morgan fingerprint density at radius 3 is 2.95 bits per heavy atom. The molecule has 0 unspecified atom stereocenters. The molecule has 112 valence electrons. The van der Waals surface area contributed by atoms with Crippen LogP contribution in [0.2, 0.25) is 0 Å². The molecule has 0 atom stereocenters. The molecular weight excluding hydrogens is 289 g/mol. The van der Waals surface area contributed by atoms with E-state index in [0.717, 1.165) is 29.4 Å². The summed E-state index contributed by atoms with van der Waals surface area (Å²) in [7, 11) is 0. The van der Waals surface area contributed by atoms with Crippen LogP contribution in [-0.2, 0) is 6.61 Å². The van der Waals surface area contributed by atoms with E-state index in [2.05, 4.69) is 4.98 Å². The molecule has 0 aliphatic rings. The third-order valence-electron chi connectivity index (χ3n) is 3.22. The van der Waals surface area contributed by atoms with Gasteiger partial charge in [-0.3, -0.25) is 10.1 Å². The van der Waals surface area contributed by atoms with Crippen LogP contribution in [0.3, 0.4) is 0 Å². The third-order valence-corrected chi connectivity index (χ3v) is 3.22. The first-order chi connectivity index (χ1) is 10.5. The van der Waals surface area contributed by atoms with Gasteiger partial charge < -0.3 is 9.14 Å². The summed E-state index contributed by atoms with van der Waals surface area (Å²) < 4.78 is 20.5. The molecule has 2 aromatic heterocycles. The number of halogens is 1. The Kier molecular flexibility index (Phi) is 3.46. The first-order valence-electron chi connectivity index (χ1n) is 6.54. The van der Waals surface area contributed by atoms with Crippen molar-refractivity contribution in [3.05, 3.63) is 69.9 Å². The second-order valence-electron chi connectivity index (χ2n) is 4.81. The molecule has 6 nitrogen and oxygen atoms in total. The van der Waals surface area contributed by atoms with E-state index in [0.29, 0.717) is 5.69 Å². The summed E-state index contributed by atoms with van der Waals surface area (Å²) in [4.78, 5) is 14.7. The van der Waals surface area contributed by atoms with E-state index in [-0.39, 0.29) is 18.0 Å². The number of hydrogen-bond donors (Lipinski definition) is 0. The zero-order chi connectivity index (χ0) is 15.7. The topological polar surface area (TPSA) is 69.7 Å². The number of pyridine rings is 1. The van der Waals surface area contributed by atoms with Crippen LogP contribution in [0.1, 0.15) is 11.3 Å². The van der Waals surface area contributed by atoms with Gasteiger partial charge in [0, 0.05) is 24.5 Å². The highest BCUT2D eigenvalue weighted by Crippen LogP contribution is 2.28. The van der Waals surface area contributed by atoms with Crippen LogP contribution in [-0.4, -0.2) is 14.3 Å². The molecule has 0 N–H and O–H groups in total. The van der Waals surface area contributed by atoms with Gasteiger partial charge in [0.2, 0.25) is 0 Å². The van der Waals surface area contributed by atoms with Gasteiger partial charge in [0.15, 0.2) is 5.75 Å². The van der Waals surface area contributed by atoms with Gasteiger partial charge in [0.25, 0.3) is 0 Å². The summed E-state index contributed by atoms with van der Waals surface area (Å²) in [6.45, 7) is 1.95. The van der Waals surface area contributed by atoms with Gasteiger partial charge in [-0.2, -0.15) is 0 Å². The maximum absolute atomic E-state index is 13.2. The SMILES string of the molecule is Cc1cccn2cc(COc3cc(F)ccc3[N+](=O)[O-])nc12. The zero-order valence-corrected chi connectivity index (χ0v) is 11.7. The summed E-state index contributed by atoms with van der Waals surface area (Å²) in [5.41, 5.74) is 2.12. The van der Waals surface area contributed by atoms with E-state index >= 15 is 0 Å². The van der Waals surface area contributed by atoms with Gasteiger partial charge in [-0.15, -0.1) is 0 Å². The lowest BCUT2D eigenvalue weighted by Crippen LogP contribution is -2.00. The summed E-state index contributed by atoms with van der Waals surface area (Å²) >= 11 is 0. The first-order valence-corrected chi connectivity index (χ1v) is 6.54. The number of nitrogens with zero attached hydrogens (tertiary/aromatic N) is 3. The minimum atomic E-state index is -0.609. The lowest BCUT2D eigenvalue weighted by atomic mass is 10.3. The highest BCUT2D eigenvalue weighted by molar-refractivity contribution is 5.48. The number of benzene rings is 1. The molecule has 0 saturated carbocycles. The number of nitro groups is 1.